The Morgan fingerprint density at radius 1 is 1.07 bits per heavy atom. The number of methoxy groups -OCH3 is 1. The molecule has 2 aliphatic rings. The Hall–Kier alpha value is -1.27. The number of unbranched alkanes of at least 4 members (excludes halogenated alkanes) is 1. The van der Waals surface area contributed by atoms with Crippen LogP contribution in [0.3, 0.4) is 0 Å². The Bertz CT molecular complexity index is 592. The van der Waals surface area contributed by atoms with Gasteiger partial charge in [0.15, 0.2) is 0 Å². The molecule has 2 saturated carbocycles. The van der Waals surface area contributed by atoms with Gasteiger partial charge in [-0.1, -0.05) is 6.92 Å². The van der Waals surface area contributed by atoms with Gasteiger partial charge in [0.2, 0.25) is 6.04 Å². The van der Waals surface area contributed by atoms with Crippen LogP contribution in [0.25, 0.3) is 0 Å². The Balaban J connectivity index is 1.83. The minimum Gasteiger partial charge on any atom is -0.388 e. The minimum absolute atomic E-state index is 0.233. The molecular weight excluding hydrogens is 380 g/mol. The molecule has 0 radical (unpaired) electrons. The molecule has 2 fully saturated rings. The molecule has 172 valence electrons. The second-order valence-electron chi connectivity index (χ2n) is 10.0. The summed E-state index contributed by atoms with van der Waals surface area (Å²) in [5, 5.41) is 0. The highest BCUT2D eigenvalue weighted by molar-refractivity contribution is 5.88. The summed E-state index contributed by atoms with van der Waals surface area (Å²) >= 11 is 0. The summed E-state index contributed by atoms with van der Waals surface area (Å²) < 4.78 is 12.5. The number of quaternary nitrogens is 1. The average molecular weight is 425 g/mol. The maximum Gasteiger partial charge on any atom is 0.383 e. The number of nitrogens with zero attached hydrogens (tertiary/aromatic N) is 1. The summed E-state index contributed by atoms with van der Waals surface area (Å²) in [7, 11) is 7.83. The number of carbonyl (C=O) groups is 2. The van der Waals surface area contributed by atoms with Crippen molar-refractivity contribution in [2.24, 2.45) is 23.7 Å². The van der Waals surface area contributed by atoms with Crippen LogP contribution in [0.15, 0.2) is 0 Å². The molecule has 0 aromatic rings. The predicted molar refractivity (Wildman–Crippen MR) is 118 cm³/mol. The van der Waals surface area contributed by atoms with Gasteiger partial charge in [-0.05, 0) is 69.1 Å². The van der Waals surface area contributed by atoms with Crippen molar-refractivity contribution >= 4 is 18.7 Å². The number of rotatable bonds is 10. The van der Waals surface area contributed by atoms with Crippen molar-refractivity contribution in [3.05, 3.63) is 0 Å². The zero-order valence-corrected chi connectivity index (χ0v) is 19.8. The first-order chi connectivity index (χ1) is 14.2. The van der Waals surface area contributed by atoms with Crippen LogP contribution < -0.4 is 4.90 Å². The number of hydrogen-bond donors (Lipinski definition) is 1. The molecule has 0 bridgehead atoms. The van der Waals surface area contributed by atoms with Gasteiger partial charge in [0.05, 0.1) is 32.7 Å². The van der Waals surface area contributed by atoms with Crippen molar-refractivity contribution in [3.63, 3.8) is 0 Å². The van der Waals surface area contributed by atoms with Gasteiger partial charge < -0.3 is 14.4 Å². The normalized spacial score (nSPS) is 28.5. The standard InChI is InChI=1S/C24H43N2O4/c1-17(18-10-11-20-16-21(29-6)13-12-19(20)15-18)23(27)30-24(28)22(26(4)5)9-7-8-14-25(2)3/h17-22H,4,7-16H2,1-3,5-6H3/q+1/p+1/t17-,18?,19?,20?,21?,22?/m0/s1. The molecule has 2 aliphatic carbocycles. The largest absolute Gasteiger partial charge is 0.388 e. The van der Waals surface area contributed by atoms with Crippen molar-refractivity contribution in [2.45, 2.75) is 76.9 Å². The Morgan fingerprint density at radius 3 is 2.37 bits per heavy atom. The highest BCUT2D eigenvalue weighted by atomic mass is 16.6. The van der Waals surface area contributed by atoms with Gasteiger partial charge in [-0.25, -0.2) is 9.37 Å². The lowest BCUT2D eigenvalue weighted by Crippen LogP contribution is -3.05. The summed E-state index contributed by atoms with van der Waals surface area (Å²) in [6.45, 7) is 6.88. The van der Waals surface area contributed by atoms with E-state index < -0.39 is 12.0 Å². The lowest BCUT2D eigenvalue weighted by atomic mass is 9.64. The molecule has 6 atom stereocenters. The predicted octanol–water partition coefficient (Wildman–Crippen LogP) is 1.95. The molecule has 0 saturated heterocycles. The number of esters is 2. The summed E-state index contributed by atoms with van der Waals surface area (Å²) in [5.41, 5.74) is 0. The molecular formula is C24H44N2O4+2. The summed E-state index contributed by atoms with van der Waals surface area (Å²) in [6.07, 6.45) is 9.74. The molecule has 30 heavy (non-hydrogen) atoms. The topological polar surface area (TPSA) is 60.0 Å². The van der Waals surface area contributed by atoms with Crippen LogP contribution in [0, 0.1) is 23.7 Å². The molecule has 6 nitrogen and oxygen atoms in total. The van der Waals surface area contributed by atoms with E-state index in [0.717, 1.165) is 57.4 Å². The van der Waals surface area contributed by atoms with Crippen LogP contribution in [0.4, 0.5) is 0 Å². The zero-order valence-electron chi connectivity index (χ0n) is 19.8. The van der Waals surface area contributed by atoms with Crippen LogP contribution in [0.2, 0.25) is 0 Å². The van der Waals surface area contributed by atoms with Crippen molar-refractivity contribution in [1.29, 1.82) is 0 Å². The van der Waals surface area contributed by atoms with Gasteiger partial charge in [-0.3, -0.25) is 4.79 Å². The van der Waals surface area contributed by atoms with E-state index in [-0.39, 0.29) is 11.9 Å². The van der Waals surface area contributed by atoms with Crippen LogP contribution in [0.5, 0.6) is 0 Å². The number of likely N-dealkylation sites (N-methyl/N-ethyl adjacent to an activating group) is 1. The first-order valence-electron chi connectivity index (χ1n) is 11.8. The van der Waals surface area contributed by atoms with Gasteiger partial charge in [0, 0.05) is 13.5 Å². The molecule has 2 rings (SSSR count). The van der Waals surface area contributed by atoms with Gasteiger partial charge in [-0.2, -0.15) is 0 Å². The van der Waals surface area contributed by atoms with E-state index in [1.165, 1.54) is 11.3 Å². The highest BCUT2D eigenvalue weighted by Gasteiger charge is 2.40. The fraction of sp³-hybridized carbons (Fsp3) is 0.875. The second-order valence-corrected chi connectivity index (χ2v) is 10.0. The first kappa shape index (κ1) is 25.0. The van der Waals surface area contributed by atoms with Crippen LogP contribution in [-0.4, -0.2) is 70.2 Å². The minimum atomic E-state index is -0.460. The van der Waals surface area contributed by atoms with Crippen LogP contribution in [0.1, 0.15) is 64.7 Å². The molecule has 6 heteroatoms. The number of hydrogen-bond acceptors (Lipinski definition) is 4. The van der Waals surface area contributed by atoms with E-state index in [2.05, 4.69) is 20.8 Å². The monoisotopic (exact) mass is 424 g/mol. The van der Waals surface area contributed by atoms with Crippen LogP contribution in [-0.2, 0) is 19.1 Å². The fourth-order valence-corrected chi connectivity index (χ4v) is 5.34. The second kappa shape index (κ2) is 11.9. The van der Waals surface area contributed by atoms with E-state index >= 15 is 0 Å². The molecule has 0 aromatic heterocycles. The van der Waals surface area contributed by atoms with E-state index in [0.29, 0.717) is 24.4 Å². The Labute approximate surface area is 183 Å². The van der Waals surface area contributed by atoms with Crippen molar-refractivity contribution in [2.75, 3.05) is 34.8 Å². The molecule has 0 aliphatic heterocycles. The first-order valence-corrected chi connectivity index (χ1v) is 11.8. The molecule has 5 unspecified atom stereocenters. The zero-order chi connectivity index (χ0) is 22.3. The highest BCUT2D eigenvalue weighted by Crippen LogP contribution is 2.45. The lowest BCUT2D eigenvalue weighted by Gasteiger charge is -2.42. The van der Waals surface area contributed by atoms with Crippen molar-refractivity contribution < 1.29 is 28.5 Å². The maximum absolute atomic E-state index is 12.8. The third-order valence-corrected chi connectivity index (χ3v) is 7.43. The lowest BCUT2D eigenvalue weighted by molar-refractivity contribution is -0.858. The third-order valence-electron chi connectivity index (χ3n) is 7.43. The van der Waals surface area contributed by atoms with Crippen LogP contribution >= 0.6 is 0 Å². The van der Waals surface area contributed by atoms with Gasteiger partial charge in [-0.15, -0.1) is 0 Å². The number of ether oxygens (including phenoxy) is 2. The summed E-state index contributed by atoms with van der Waals surface area (Å²) in [4.78, 5) is 26.8. The van der Waals surface area contributed by atoms with Gasteiger partial charge >= 0.3 is 11.9 Å². The van der Waals surface area contributed by atoms with E-state index in [9.17, 15) is 9.59 Å². The van der Waals surface area contributed by atoms with E-state index in [1.807, 2.05) is 14.0 Å². The fourth-order valence-electron chi connectivity index (χ4n) is 5.34. The number of nitrogens with one attached hydrogen (secondary N) is 1. The molecule has 0 heterocycles. The van der Waals surface area contributed by atoms with Crippen molar-refractivity contribution in [3.8, 4) is 0 Å². The van der Waals surface area contributed by atoms with Crippen molar-refractivity contribution in [1.82, 2.24) is 0 Å². The molecule has 0 amide bonds. The van der Waals surface area contributed by atoms with E-state index in [1.54, 1.807) is 11.6 Å². The van der Waals surface area contributed by atoms with Gasteiger partial charge in [0.25, 0.3) is 0 Å². The van der Waals surface area contributed by atoms with E-state index in [4.69, 9.17) is 9.47 Å². The maximum atomic E-state index is 12.8. The number of fused-ring (bicyclic) bond motifs is 1. The smallest absolute Gasteiger partial charge is 0.383 e. The number of carbonyl (C=O) groups excluding carboxylic acids is 2. The quantitative estimate of drug-likeness (QED) is 0.191. The summed E-state index contributed by atoms with van der Waals surface area (Å²) in [5.74, 6) is 0.666. The molecule has 1 N–H and O–H groups in total. The van der Waals surface area contributed by atoms with Gasteiger partial charge in [0.1, 0.15) is 13.8 Å². The molecule has 0 spiro atoms. The third kappa shape index (κ3) is 7.16. The SMILES string of the molecule is C=[N+](C)C(CCCC[NH+](C)C)C(=O)OC(=O)[C@@H](C)C1CCC2CC(OC)CCC2C1. The average Bonchev–Trinajstić information content (AvgIpc) is 2.71. The summed E-state index contributed by atoms with van der Waals surface area (Å²) in [6, 6.07) is -0.460. The molecule has 0 aromatic carbocycles. The Morgan fingerprint density at radius 2 is 1.73 bits per heavy atom. The Kier molecular flexibility index (Phi) is 9.95.